The molecule has 27 heavy (non-hydrogen) atoms. The van der Waals surface area contributed by atoms with Gasteiger partial charge in [0.1, 0.15) is 12.2 Å². The molecule has 152 valence electrons. The van der Waals surface area contributed by atoms with Crippen LogP contribution >= 0.6 is 0 Å². The normalized spacial score (nSPS) is 57.6. The highest BCUT2D eigenvalue weighted by molar-refractivity contribution is 5.90. The molecular weight excluding hydrogens is 344 g/mol. The van der Waals surface area contributed by atoms with Gasteiger partial charge in [0.05, 0.1) is 12.2 Å². The predicted molar refractivity (Wildman–Crippen MR) is 101 cm³/mol. The van der Waals surface area contributed by atoms with Gasteiger partial charge in [-0.2, -0.15) is 0 Å². The summed E-state index contributed by atoms with van der Waals surface area (Å²) in [4.78, 5) is 12.9. The molecule has 4 N–H and O–H groups in total. The Morgan fingerprint density at radius 2 is 1.85 bits per heavy atom. The quantitative estimate of drug-likeness (QED) is 0.548. The van der Waals surface area contributed by atoms with Crippen LogP contribution in [0.3, 0.4) is 0 Å². The monoisotopic (exact) mass is 378 g/mol. The van der Waals surface area contributed by atoms with Crippen LogP contribution in [-0.2, 0) is 4.79 Å². The van der Waals surface area contributed by atoms with Crippen molar-refractivity contribution >= 4 is 5.78 Å². The van der Waals surface area contributed by atoms with Crippen LogP contribution in [0.1, 0.15) is 53.4 Å². The average molecular weight is 379 g/mol. The van der Waals surface area contributed by atoms with Crippen LogP contribution < -0.4 is 0 Å². The van der Waals surface area contributed by atoms with E-state index in [2.05, 4.69) is 13.0 Å². The average Bonchev–Trinajstić information content (AvgIpc) is 2.83. The predicted octanol–water partition coefficient (Wildman–Crippen LogP) is 1.68. The fraction of sp³-hybridized carbons (Fsp3) is 0.864. The van der Waals surface area contributed by atoms with E-state index in [-0.39, 0.29) is 42.4 Å². The molecule has 4 saturated carbocycles. The summed E-state index contributed by atoms with van der Waals surface area (Å²) < 4.78 is 0. The minimum absolute atomic E-state index is 0. The number of aliphatic hydroxyl groups is 4. The highest BCUT2D eigenvalue weighted by Gasteiger charge is 2.75. The van der Waals surface area contributed by atoms with Crippen molar-refractivity contribution in [3.8, 4) is 0 Å². The van der Waals surface area contributed by atoms with Gasteiger partial charge in [-0.15, -0.1) is 0 Å². The minimum atomic E-state index is -1.67. The molecule has 5 heteroatoms. The number of carbonyl (C=O) groups excluding carboxylic acids is 1. The van der Waals surface area contributed by atoms with E-state index < -0.39 is 35.6 Å². The Balaban J connectivity index is 0.00000180. The zero-order chi connectivity index (χ0) is 18.6. The number of hydrogen-bond donors (Lipinski definition) is 4. The Kier molecular flexibility index (Phi) is 4.10. The van der Waals surface area contributed by atoms with Crippen LogP contribution in [0.25, 0.3) is 0 Å². The van der Waals surface area contributed by atoms with Crippen LogP contribution in [0.5, 0.6) is 0 Å². The molecule has 5 nitrogen and oxygen atoms in total. The Hall–Kier alpha value is -0.750. The van der Waals surface area contributed by atoms with E-state index >= 15 is 0 Å². The van der Waals surface area contributed by atoms with Gasteiger partial charge < -0.3 is 20.4 Å². The highest BCUT2D eigenvalue weighted by Crippen LogP contribution is 2.73. The summed E-state index contributed by atoms with van der Waals surface area (Å²) >= 11 is 0. The number of hydrogen-bond acceptors (Lipinski definition) is 5. The SMILES string of the molecule is C.C[C@]12CC3C(O)CC1=CC[C@@H]1[C@@H]2C(O)C[C@@]2(C)[C@H]1CC3[C@]2(O)C(=O)CO. The van der Waals surface area contributed by atoms with E-state index in [9.17, 15) is 25.2 Å². The van der Waals surface area contributed by atoms with Gasteiger partial charge in [-0.3, -0.25) is 4.79 Å². The van der Waals surface area contributed by atoms with Crippen molar-refractivity contribution in [3.63, 3.8) is 0 Å². The lowest BCUT2D eigenvalue weighted by atomic mass is 9.45. The maximum Gasteiger partial charge on any atom is 0.190 e. The van der Waals surface area contributed by atoms with Crippen molar-refractivity contribution in [1.82, 2.24) is 0 Å². The number of allylic oxidation sites excluding steroid dienone is 1. The maximum atomic E-state index is 12.9. The second kappa shape index (κ2) is 5.65. The minimum Gasteiger partial charge on any atom is -0.393 e. The van der Waals surface area contributed by atoms with E-state index in [1.165, 1.54) is 5.57 Å². The molecule has 0 aliphatic heterocycles. The first-order valence-electron chi connectivity index (χ1n) is 10.1. The molecule has 4 fully saturated rings. The molecule has 0 aromatic rings. The first-order chi connectivity index (χ1) is 12.2. The fourth-order valence-electron chi connectivity index (χ4n) is 8.52. The summed E-state index contributed by atoms with van der Waals surface area (Å²) in [6.45, 7) is 3.47. The molecule has 0 radical (unpaired) electrons. The lowest BCUT2D eigenvalue weighted by molar-refractivity contribution is -0.180. The van der Waals surface area contributed by atoms with Crippen molar-refractivity contribution in [3.05, 3.63) is 11.6 Å². The molecule has 0 aromatic heterocycles. The van der Waals surface area contributed by atoms with Gasteiger partial charge in [0, 0.05) is 11.3 Å². The van der Waals surface area contributed by atoms with E-state index in [1.807, 2.05) is 6.92 Å². The Morgan fingerprint density at radius 3 is 2.52 bits per heavy atom. The summed E-state index contributed by atoms with van der Waals surface area (Å²) in [5.74, 6) is -0.550. The van der Waals surface area contributed by atoms with Gasteiger partial charge in [0.15, 0.2) is 5.78 Å². The topological polar surface area (TPSA) is 98.0 Å². The fourth-order valence-corrected chi connectivity index (χ4v) is 8.52. The second-order valence-corrected chi connectivity index (χ2v) is 10.2. The van der Waals surface area contributed by atoms with Crippen LogP contribution in [-0.4, -0.2) is 50.6 Å². The Labute approximate surface area is 161 Å². The zero-order valence-electron chi connectivity index (χ0n) is 15.6. The zero-order valence-corrected chi connectivity index (χ0v) is 15.6. The Morgan fingerprint density at radius 1 is 1.15 bits per heavy atom. The number of Topliss-reactive ketones (excluding diaryl/α,β-unsaturated/α-hetero) is 1. The lowest BCUT2D eigenvalue weighted by Gasteiger charge is -2.60. The van der Waals surface area contributed by atoms with Gasteiger partial charge in [-0.05, 0) is 61.2 Å². The summed E-state index contributed by atoms with van der Waals surface area (Å²) in [6, 6.07) is 0. The van der Waals surface area contributed by atoms with Crippen LogP contribution in [0.15, 0.2) is 11.6 Å². The largest absolute Gasteiger partial charge is 0.393 e. The third-order valence-corrected chi connectivity index (χ3v) is 9.53. The number of rotatable bonds is 2. The molecule has 0 spiro atoms. The number of ketones is 1. The third kappa shape index (κ3) is 1.97. The first-order valence-corrected chi connectivity index (χ1v) is 10.1. The smallest absolute Gasteiger partial charge is 0.190 e. The van der Waals surface area contributed by atoms with Crippen molar-refractivity contribution < 1.29 is 25.2 Å². The first kappa shape index (κ1) is 19.6. The summed E-state index contributed by atoms with van der Waals surface area (Å²) in [7, 11) is 0. The third-order valence-electron chi connectivity index (χ3n) is 9.53. The van der Waals surface area contributed by atoms with Gasteiger partial charge in [0.2, 0.25) is 0 Å². The molecule has 5 rings (SSSR count). The molecule has 0 amide bonds. The highest BCUT2D eigenvalue weighted by atomic mass is 16.3. The number of carbonyl (C=O) groups is 1. The summed E-state index contributed by atoms with van der Waals surface area (Å²) in [5.41, 5.74) is -1.34. The molecular formula is C22H34O5. The standard InChI is InChI=1S/C21H30O5.CH4/c1-19-7-12-14-6-13-11(4-3-10(19)5-15(12)23)18(19)16(24)8-20(13,2)21(14,26)17(25)9-22;/h3,11-16,18,22-24,26H,4-9H2,1-2H3;1H4/t11-,12?,13-,14?,15?,16?,18+,19-,20-,21-;/m0./s1. The summed E-state index contributed by atoms with van der Waals surface area (Å²) in [5, 5.41) is 43.6. The maximum absolute atomic E-state index is 12.9. The van der Waals surface area contributed by atoms with E-state index in [0.717, 1.165) is 6.42 Å². The molecule has 0 heterocycles. The van der Waals surface area contributed by atoms with Gasteiger partial charge in [-0.1, -0.05) is 32.9 Å². The van der Waals surface area contributed by atoms with E-state index in [0.29, 0.717) is 25.7 Å². The number of aliphatic hydroxyl groups excluding tert-OH is 3. The number of fused-ring (bicyclic) bond motifs is 3. The second-order valence-electron chi connectivity index (χ2n) is 10.2. The van der Waals surface area contributed by atoms with Crippen LogP contribution in [0.2, 0.25) is 0 Å². The van der Waals surface area contributed by atoms with Crippen molar-refractivity contribution in [2.75, 3.05) is 6.61 Å². The van der Waals surface area contributed by atoms with Crippen molar-refractivity contribution in [2.45, 2.75) is 71.2 Å². The van der Waals surface area contributed by atoms with E-state index in [1.54, 1.807) is 0 Å². The molecule has 4 unspecified atom stereocenters. The van der Waals surface area contributed by atoms with Crippen molar-refractivity contribution in [2.24, 2.45) is 40.4 Å². The van der Waals surface area contributed by atoms with Gasteiger partial charge in [-0.25, -0.2) is 0 Å². The molecule has 10 atom stereocenters. The van der Waals surface area contributed by atoms with Crippen LogP contribution in [0.4, 0.5) is 0 Å². The molecule has 6 bridgehead atoms. The van der Waals surface area contributed by atoms with Crippen LogP contribution in [0, 0.1) is 40.4 Å². The van der Waals surface area contributed by atoms with E-state index in [4.69, 9.17) is 0 Å². The molecule has 5 aliphatic rings. The Bertz CT molecular complexity index is 703. The van der Waals surface area contributed by atoms with Gasteiger partial charge in [0.25, 0.3) is 0 Å². The van der Waals surface area contributed by atoms with Gasteiger partial charge >= 0.3 is 0 Å². The van der Waals surface area contributed by atoms with Crippen molar-refractivity contribution in [1.29, 1.82) is 0 Å². The molecule has 0 saturated heterocycles. The summed E-state index contributed by atoms with van der Waals surface area (Å²) in [6.07, 6.45) is 4.33. The molecule has 5 aliphatic carbocycles. The molecule has 0 aromatic carbocycles. The lowest BCUT2D eigenvalue weighted by Crippen LogP contribution is -2.61.